The Labute approximate surface area is 154 Å². The molecule has 3 rings (SSSR count). The fourth-order valence-electron chi connectivity index (χ4n) is 3.11. The maximum absolute atomic E-state index is 13.1. The van der Waals surface area contributed by atoms with E-state index in [1.54, 1.807) is 42.5 Å². The van der Waals surface area contributed by atoms with Gasteiger partial charge in [-0.3, -0.25) is 4.79 Å². The molecular formula is C18H21ClN2O3S. The van der Waals surface area contributed by atoms with Gasteiger partial charge in [-0.1, -0.05) is 42.5 Å². The normalized spacial score (nSPS) is 17.9. The third-order valence-electron chi connectivity index (χ3n) is 4.35. The van der Waals surface area contributed by atoms with E-state index in [2.05, 4.69) is 0 Å². The van der Waals surface area contributed by atoms with Crippen molar-refractivity contribution in [1.82, 2.24) is 4.31 Å². The van der Waals surface area contributed by atoms with Crippen LogP contribution in [0.3, 0.4) is 0 Å². The fraction of sp³-hybridized carbons (Fsp3) is 0.278. The smallest absolute Gasteiger partial charge is 0.244 e. The molecule has 1 aliphatic rings. The molecule has 1 aliphatic heterocycles. The van der Waals surface area contributed by atoms with Crippen LogP contribution in [-0.4, -0.2) is 37.6 Å². The van der Waals surface area contributed by atoms with Crippen molar-refractivity contribution >= 4 is 28.2 Å². The Bertz CT molecular complexity index is 840. The Kier molecular flexibility index (Phi) is 6.35. The number of nitrogens with zero attached hydrogens (tertiary/aromatic N) is 1. The van der Waals surface area contributed by atoms with Crippen molar-refractivity contribution in [2.45, 2.75) is 23.8 Å². The van der Waals surface area contributed by atoms with Crippen molar-refractivity contribution in [3.05, 3.63) is 65.7 Å². The molecule has 0 aromatic heterocycles. The summed E-state index contributed by atoms with van der Waals surface area (Å²) in [7, 11) is -3.75. The van der Waals surface area contributed by atoms with E-state index >= 15 is 0 Å². The molecule has 2 aromatic carbocycles. The van der Waals surface area contributed by atoms with Crippen LogP contribution in [-0.2, 0) is 10.0 Å². The van der Waals surface area contributed by atoms with Crippen molar-refractivity contribution < 1.29 is 13.2 Å². The van der Waals surface area contributed by atoms with Crippen molar-refractivity contribution in [2.24, 2.45) is 5.73 Å². The first-order valence-corrected chi connectivity index (χ1v) is 9.40. The molecule has 5 nitrogen and oxygen atoms in total. The van der Waals surface area contributed by atoms with Crippen LogP contribution in [0.2, 0.25) is 0 Å². The molecule has 25 heavy (non-hydrogen) atoms. The summed E-state index contributed by atoms with van der Waals surface area (Å²) in [6.45, 7) is 0.728. The number of benzene rings is 2. The zero-order valence-electron chi connectivity index (χ0n) is 13.7. The third-order valence-corrected chi connectivity index (χ3v) is 6.36. The Morgan fingerprint density at radius 2 is 1.72 bits per heavy atom. The quantitative estimate of drug-likeness (QED) is 0.808. The molecule has 2 N–H and O–H groups in total. The van der Waals surface area contributed by atoms with Crippen LogP contribution in [0.4, 0.5) is 0 Å². The molecule has 134 valence electrons. The molecule has 0 saturated carbocycles. The molecule has 1 fully saturated rings. The summed E-state index contributed by atoms with van der Waals surface area (Å²) in [6, 6.07) is 14.9. The second kappa shape index (κ2) is 8.10. The predicted octanol–water partition coefficient (Wildman–Crippen LogP) is 2.45. The summed E-state index contributed by atoms with van der Waals surface area (Å²) in [4.78, 5) is 12.8. The zero-order valence-corrected chi connectivity index (χ0v) is 15.3. The van der Waals surface area contributed by atoms with Gasteiger partial charge in [-0.15, -0.1) is 12.4 Å². The molecule has 2 aromatic rings. The van der Waals surface area contributed by atoms with Gasteiger partial charge in [-0.2, -0.15) is 4.31 Å². The number of nitrogens with two attached hydrogens (primary N) is 1. The van der Waals surface area contributed by atoms with Crippen LogP contribution in [0.5, 0.6) is 0 Å². The number of carbonyl (C=O) groups is 1. The number of sulfonamides is 1. The SMILES string of the molecule is Cl.NCC1CCCN1S(=O)(=O)c1ccccc1C(=O)c1ccccc1. The summed E-state index contributed by atoms with van der Waals surface area (Å²) >= 11 is 0. The van der Waals surface area contributed by atoms with Gasteiger partial charge in [-0.05, 0) is 25.0 Å². The predicted molar refractivity (Wildman–Crippen MR) is 99.5 cm³/mol. The van der Waals surface area contributed by atoms with E-state index in [9.17, 15) is 13.2 Å². The number of hydrogen-bond donors (Lipinski definition) is 1. The van der Waals surface area contributed by atoms with Crippen LogP contribution in [0.25, 0.3) is 0 Å². The molecule has 0 bridgehead atoms. The molecular weight excluding hydrogens is 360 g/mol. The van der Waals surface area contributed by atoms with Crippen LogP contribution in [0.15, 0.2) is 59.5 Å². The van der Waals surface area contributed by atoms with E-state index < -0.39 is 10.0 Å². The standard InChI is InChI=1S/C18H20N2O3S.ClH/c19-13-15-9-6-12-20(15)24(22,23)17-11-5-4-10-16(17)18(21)14-7-2-1-3-8-14;/h1-5,7-8,10-11,15H,6,9,12-13,19H2;1H. The Morgan fingerprint density at radius 3 is 2.40 bits per heavy atom. The van der Waals surface area contributed by atoms with Crippen molar-refractivity contribution in [3.8, 4) is 0 Å². The van der Waals surface area contributed by atoms with E-state index in [0.717, 1.165) is 12.8 Å². The molecule has 7 heteroatoms. The first-order valence-electron chi connectivity index (χ1n) is 7.96. The van der Waals surface area contributed by atoms with Crippen LogP contribution >= 0.6 is 12.4 Å². The molecule has 0 radical (unpaired) electrons. The second-order valence-electron chi connectivity index (χ2n) is 5.84. The molecule has 1 unspecified atom stereocenters. The molecule has 0 spiro atoms. The monoisotopic (exact) mass is 380 g/mol. The summed E-state index contributed by atoms with van der Waals surface area (Å²) in [5.41, 5.74) is 6.38. The third kappa shape index (κ3) is 3.77. The summed E-state index contributed by atoms with van der Waals surface area (Å²) in [5.74, 6) is -0.293. The van der Waals surface area contributed by atoms with Crippen LogP contribution < -0.4 is 5.73 Å². The van der Waals surface area contributed by atoms with Gasteiger partial charge in [0.1, 0.15) is 0 Å². The van der Waals surface area contributed by atoms with Crippen LogP contribution in [0, 0.1) is 0 Å². The number of hydrogen-bond acceptors (Lipinski definition) is 4. The molecule has 1 atom stereocenters. The first-order chi connectivity index (χ1) is 11.6. The second-order valence-corrected chi connectivity index (χ2v) is 7.70. The van der Waals surface area contributed by atoms with Gasteiger partial charge < -0.3 is 5.73 Å². The van der Waals surface area contributed by atoms with E-state index in [1.807, 2.05) is 6.07 Å². The van der Waals surface area contributed by atoms with Crippen molar-refractivity contribution in [1.29, 1.82) is 0 Å². The first kappa shape index (κ1) is 19.6. The average Bonchev–Trinajstić information content (AvgIpc) is 3.11. The fourth-order valence-corrected chi connectivity index (χ4v) is 5.01. The summed E-state index contributed by atoms with van der Waals surface area (Å²) in [6.07, 6.45) is 1.54. The molecule has 1 saturated heterocycles. The lowest BCUT2D eigenvalue weighted by atomic mass is 10.0. The summed E-state index contributed by atoms with van der Waals surface area (Å²) in [5, 5.41) is 0. The largest absolute Gasteiger partial charge is 0.329 e. The maximum Gasteiger partial charge on any atom is 0.244 e. The van der Waals surface area contributed by atoms with E-state index in [1.165, 1.54) is 10.4 Å². The minimum absolute atomic E-state index is 0. The Morgan fingerprint density at radius 1 is 1.08 bits per heavy atom. The highest BCUT2D eigenvalue weighted by Gasteiger charge is 2.36. The molecule has 0 amide bonds. The van der Waals surface area contributed by atoms with Gasteiger partial charge in [-0.25, -0.2) is 8.42 Å². The van der Waals surface area contributed by atoms with Crippen molar-refractivity contribution in [2.75, 3.05) is 13.1 Å². The Hall–Kier alpha value is -1.73. The Balaban J connectivity index is 0.00000225. The van der Waals surface area contributed by atoms with E-state index in [-0.39, 0.29) is 41.2 Å². The lowest BCUT2D eigenvalue weighted by molar-refractivity contribution is 0.103. The number of rotatable bonds is 5. The zero-order chi connectivity index (χ0) is 17.2. The highest BCUT2D eigenvalue weighted by molar-refractivity contribution is 7.89. The van der Waals surface area contributed by atoms with Crippen molar-refractivity contribution in [3.63, 3.8) is 0 Å². The van der Waals surface area contributed by atoms with Gasteiger partial charge in [0.15, 0.2) is 5.78 Å². The maximum atomic E-state index is 13.1. The van der Waals surface area contributed by atoms with Gasteiger partial charge in [0, 0.05) is 30.3 Å². The van der Waals surface area contributed by atoms with E-state index in [0.29, 0.717) is 12.1 Å². The number of halogens is 1. The van der Waals surface area contributed by atoms with Gasteiger partial charge >= 0.3 is 0 Å². The minimum atomic E-state index is -3.75. The van der Waals surface area contributed by atoms with E-state index in [4.69, 9.17) is 5.73 Å². The lowest BCUT2D eigenvalue weighted by Crippen LogP contribution is -2.40. The average molecular weight is 381 g/mol. The number of carbonyl (C=O) groups excluding carboxylic acids is 1. The topological polar surface area (TPSA) is 80.5 Å². The van der Waals surface area contributed by atoms with Crippen LogP contribution in [0.1, 0.15) is 28.8 Å². The molecule has 0 aliphatic carbocycles. The highest BCUT2D eigenvalue weighted by Crippen LogP contribution is 2.28. The minimum Gasteiger partial charge on any atom is -0.329 e. The number of ketones is 1. The highest BCUT2D eigenvalue weighted by atomic mass is 35.5. The lowest BCUT2D eigenvalue weighted by Gasteiger charge is -2.24. The van der Waals surface area contributed by atoms with Gasteiger partial charge in [0.05, 0.1) is 4.90 Å². The molecule has 1 heterocycles. The summed E-state index contributed by atoms with van der Waals surface area (Å²) < 4.78 is 27.6. The van der Waals surface area contributed by atoms with Gasteiger partial charge in [0.2, 0.25) is 10.0 Å². The van der Waals surface area contributed by atoms with Gasteiger partial charge in [0.25, 0.3) is 0 Å².